The Morgan fingerprint density at radius 3 is 2.30 bits per heavy atom. The summed E-state index contributed by atoms with van der Waals surface area (Å²) in [5.41, 5.74) is 3.25. The van der Waals surface area contributed by atoms with Crippen LogP contribution in [0, 0.1) is 0 Å². The van der Waals surface area contributed by atoms with Gasteiger partial charge < -0.3 is 21.1 Å². The molecule has 0 saturated carbocycles. The Hall–Kier alpha value is -0.650. The van der Waals surface area contributed by atoms with Crippen LogP contribution in [-0.4, -0.2) is 39.5 Å². The summed E-state index contributed by atoms with van der Waals surface area (Å²) in [6.45, 7) is 0.492. The zero-order valence-corrected chi connectivity index (χ0v) is 5.61. The Morgan fingerprint density at radius 2 is 2.20 bits per heavy atom. The molecule has 0 aromatic rings. The average molecular weight is 149 g/mol. The molecule has 0 aromatic heterocycles. The highest BCUT2D eigenvalue weighted by molar-refractivity contribution is 5.74. The van der Waals surface area contributed by atoms with Gasteiger partial charge in [0.15, 0.2) is 0 Å². The first-order valence-electron chi connectivity index (χ1n) is 2.73. The van der Waals surface area contributed by atoms with E-state index in [1.165, 1.54) is 0 Å². The van der Waals surface area contributed by atoms with Gasteiger partial charge in [-0.05, 0) is 6.92 Å². The second kappa shape index (κ2) is 2.96. The molecule has 0 aromatic carbocycles. The van der Waals surface area contributed by atoms with Gasteiger partial charge in [-0.15, -0.1) is 0 Å². The van der Waals surface area contributed by atoms with Gasteiger partial charge in [0.05, 0.1) is 6.61 Å². The normalized spacial score (nSPS) is 19.6. The summed E-state index contributed by atoms with van der Waals surface area (Å²) in [7, 11) is 0. The van der Waals surface area contributed by atoms with Crippen LogP contribution in [0.4, 0.5) is 0 Å². The van der Waals surface area contributed by atoms with E-state index in [4.69, 9.17) is 21.1 Å². The lowest BCUT2D eigenvalue weighted by atomic mass is 9.99. The number of carboxylic acids is 1. The van der Waals surface area contributed by atoms with E-state index in [0.29, 0.717) is 0 Å². The van der Waals surface area contributed by atoms with Crippen molar-refractivity contribution >= 4 is 5.97 Å². The highest BCUT2D eigenvalue weighted by atomic mass is 16.4. The number of nitrogens with two attached hydrogens (primary N) is 1. The third-order valence-corrected chi connectivity index (χ3v) is 1.26. The standard InChI is InChI=1S/C5H11NO4/c1-5(10,2-7)3(6)4(8)9/h3,7,10H,2,6H2,1H3,(H,8,9)/t3-,5?/m1/s1. The molecule has 0 heterocycles. The number of aliphatic carboxylic acids is 1. The fourth-order valence-corrected chi connectivity index (χ4v) is 0.364. The van der Waals surface area contributed by atoms with Crippen molar-refractivity contribution in [1.29, 1.82) is 0 Å². The van der Waals surface area contributed by atoms with Crippen LogP contribution >= 0.6 is 0 Å². The molecule has 2 atom stereocenters. The summed E-state index contributed by atoms with van der Waals surface area (Å²) in [4.78, 5) is 10.1. The zero-order valence-electron chi connectivity index (χ0n) is 5.61. The topological polar surface area (TPSA) is 104 Å². The van der Waals surface area contributed by atoms with Crippen molar-refractivity contribution in [2.24, 2.45) is 5.73 Å². The molecular weight excluding hydrogens is 138 g/mol. The summed E-state index contributed by atoms with van der Waals surface area (Å²) in [6, 6.07) is -1.45. The monoisotopic (exact) mass is 149 g/mol. The van der Waals surface area contributed by atoms with E-state index >= 15 is 0 Å². The van der Waals surface area contributed by atoms with Crippen LogP contribution in [0.15, 0.2) is 0 Å². The summed E-state index contributed by atoms with van der Waals surface area (Å²) >= 11 is 0. The van der Waals surface area contributed by atoms with Crippen LogP contribution in [0.1, 0.15) is 6.92 Å². The maximum atomic E-state index is 10.1. The lowest BCUT2D eigenvalue weighted by Gasteiger charge is -2.23. The van der Waals surface area contributed by atoms with Crippen LogP contribution in [0.5, 0.6) is 0 Å². The number of aliphatic hydroxyl groups excluding tert-OH is 1. The number of hydrogen-bond acceptors (Lipinski definition) is 4. The third kappa shape index (κ3) is 1.94. The molecule has 5 nitrogen and oxygen atoms in total. The molecule has 10 heavy (non-hydrogen) atoms. The minimum Gasteiger partial charge on any atom is -0.480 e. The molecule has 0 aliphatic heterocycles. The van der Waals surface area contributed by atoms with Crippen LogP contribution in [-0.2, 0) is 4.79 Å². The fourth-order valence-electron chi connectivity index (χ4n) is 0.364. The third-order valence-electron chi connectivity index (χ3n) is 1.26. The second-order valence-corrected chi connectivity index (χ2v) is 2.33. The smallest absolute Gasteiger partial charge is 0.323 e. The molecule has 0 aliphatic carbocycles. The maximum Gasteiger partial charge on any atom is 0.323 e. The highest BCUT2D eigenvalue weighted by Crippen LogP contribution is 2.05. The molecule has 0 aliphatic rings. The molecule has 5 N–H and O–H groups in total. The zero-order chi connectivity index (χ0) is 8.36. The van der Waals surface area contributed by atoms with Crippen LogP contribution < -0.4 is 5.73 Å². The molecule has 5 heteroatoms. The first-order chi connectivity index (χ1) is 4.41. The van der Waals surface area contributed by atoms with Gasteiger partial charge >= 0.3 is 5.97 Å². The Balaban J connectivity index is 4.17. The Labute approximate surface area is 58.1 Å². The van der Waals surface area contributed by atoms with Crippen molar-refractivity contribution in [1.82, 2.24) is 0 Å². The maximum absolute atomic E-state index is 10.1. The highest BCUT2D eigenvalue weighted by Gasteiger charge is 2.33. The quantitative estimate of drug-likeness (QED) is 0.377. The van der Waals surface area contributed by atoms with Crippen LogP contribution in [0.3, 0.4) is 0 Å². The molecule has 0 spiro atoms. The van der Waals surface area contributed by atoms with Gasteiger partial charge in [-0.2, -0.15) is 0 Å². The van der Waals surface area contributed by atoms with E-state index in [2.05, 4.69) is 0 Å². The Bertz CT molecular complexity index is 134. The van der Waals surface area contributed by atoms with E-state index in [1.807, 2.05) is 0 Å². The van der Waals surface area contributed by atoms with Crippen molar-refractivity contribution in [2.75, 3.05) is 6.61 Å². The van der Waals surface area contributed by atoms with E-state index in [0.717, 1.165) is 6.92 Å². The molecule has 0 rings (SSSR count). The number of carboxylic acid groups (broad SMARTS) is 1. The van der Waals surface area contributed by atoms with Gasteiger partial charge in [-0.25, -0.2) is 0 Å². The molecule has 0 radical (unpaired) electrons. The first-order valence-corrected chi connectivity index (χ1v) is 2.73. The number of aliphatic hydroxyl groups is 2. The second-order valence-electron chi connectivity index (χ2n) is 2.33. The summed E-state index contributed by atoms with van der Waals surface area (Å²) in [5.74, 6) is -1.33. The van der Waals surface area contributed by atoms with Crippen LogP contribution in [0.2, 0.25) is 0 Å². The van der Waals surface area contributed by atoms with Crippen molar-refractivity contribution in [3.8, 4) is 0 Å². The Morgan fingerprint density at radius 1 is 1.80 bits per heavy atom. The lowest BCUT2D eigenvalue weighted by molar-refractivity contribution is -0.146. The molecular formula is C5H11NO4. The van der Waals surface area contributed by atoms with Gasteiger partial charge in [-0.1, -0.05) is 0 Å². The van der Waals surface area contributed by atoms with Crippen molar-refractivity contribution in [3.05, 3.63) is 0 Å². The molecule has 0 bridgehead atoms. The molecule has 0 fully saturated rings. The van der Waals surface area contributed by atoms with E-state index < -0.39 is 24.2 Å². The molecule has 0 amide bonds. The summed E-state index contributed by atoms with van der Waals surface area (Å²) in [5, 5.41) is 25.7. The van der Waals surface area contributed by atoms with Crippen molar-refractivity contribution in [3.63, 3.8) is 0 Å². The van der Waals surface area contributed by atoms with E-state index in [9.17, 15) is 4.79 Å². The molecule has 0 saturated heterocycles. The van der Waals surface area contributed by atoms with Crippen molar-refractivity contribution < 1.29 is 20.1 Å². The minimum atomic E-state index is -1.74. The van der Waals surface area contributed by atoms with Gasteiger partial charge in [0, 0.05) is 0 Å². The van der Waals surface area contributed by atoms with E-state index in [-0.39, 0.29) is 0 Å². The summed E-state index contributed by atoms with van der Waals surface area (Å²) < 4.78 is 0. The number of hydrogen-bond donors (Lipinski definition) is 4. The number of carbonyl (C=O) groups is 1. The van der Waals surface area contributed by atoms with E-state index in [1.54, 1.807) is 0 Å². The number of rotatable bonds is 3. The first kappa shape index (κ1) is 9.35. The fraction of sp³-hybridized carbons (Fsp3) is 0.800. The summed E-state index contributed by atoms with van der Waals surface area (Å²) in [6.07, 6.45) is 0. The molecule has 60 valence electrons. The Kier molecular flexibility index (Phi) is 2.77. The van der Waals surface area contributed by atoms with Gasteiger partial charge in [0.1, 0.15) is 11.6 Å². The average Bonchev–Trinajstić information content (AvgIpc) is 1.86. The minimum absolute atomic E-state index is 0.666. The van der Waals surface area contributed by atoms with Crippen LogP contribution in [0.25, 0.3) is 0 Å². The van der Waals surface area contributed by atoms with Crippen molar-refractivity contribution in [2.45, 2.75) is 18.6 Å². The van der Waals surface area contributed by atoms with Gasteiger partial charge in [0.2, 0.25) is 0 Å². The largest absolute Gasteiger partial charge is 0.480 e. The molecule has 1 unspecified atom stereocenters. The SMILES string of the molecule is CC(O)(CO)[C@H](N)C(=O)O. The van der Waals surface area contributed by atoms with Gasteiger partial charge in [0.25, 0.3) is 0 Å². The van der Waals surface area contributed by atoms with Gasteiger partial charge in [-0.3, -0.25) is 4.79 Å². The predicted molar refractivity (Wildman–Crippen MR) is 33.3 cm³/mol. The lowest BCUT2D eigenvalue weighted by Crippen LogP contribution is -2.53. The predicted octanol–water partition coefficient (Wildman–Crippen LogP) is -1.86.